The highest BCUT2D eigenvalue weighted by Gasteiger charge is 2.42. The number of aliphatic hydroxyl groups excluding tert-OH is 1. The number of hydrogen-bond acceptors (Lipinski definition) is 2. The van der Waals surface area contributed by atoms with Crippen LogP contribution in [0.5, 0.6) is 0 Å². The summed E-state index contributed by atoms with van der Waals surface area (Å²) in [6.45, 7) is 3.56. The molecule has 3 rings (SSSR count). The van der Waals surface area contributed by atoms with Crippen molar-refractivity contribution in [2.75, 3.05) is 13.1 Å². The maximum Gasteiger partial charge on any atom is 0.246 e. The maximum atomic E-state index is 12.2. The fourth-order valence-corrected chi connectivity index (χ4v) is 3.46. The molecule has 1 saturated heterocycles. The zero-order valence-corrected chi connectivity index (χ0v) is 11.8. The summed E-state index contributed by atoms with van der Waals surface area (Å²) in [6, 6.07) is 8.04. The molecule has 2 fully saturated rings. The number of carbonyl (C=O) groups excluding carboxylic acids is 1. The molecule has 0 spiro atoms. The van der Waals surface area contributed by atoms with Crippen molar-refractivity contribution in [2.45, 2.75) is 25.9 Å². The average Bonchev–Trinajstić information content (AvgIpc) is 3.00. The van der Waals surface area contributed by atoms with Crippen molar-refractivity contribution in [1.29, 1.82) is 0 Å². The monoisotopic (exact) mass is 271 g/mol. The van der Waals surface area contributed by atoms with E-state index in [-0.39, 0.29) is 12.0 Å². The molecule has 20 heavy (non-hydrogen) atoms. The van der Waals surface area contributed by atoms with E-state index in [0.717, 1.165) is 24.9 Å². The molecule has 3 nitrogen and oxygen atoms in total. The Hall–Kier alpha value is -1.61. The third kappa shape index (κ3) is 2.50. The summed E-state index contributed by atoms with van der Waals surface area (Å²) >= 11 is 0. The Kier molecular flexibility index (Phi) is 3.62. The number of fused-ring (bicyclic) bond motifs is 1. The minimum Gasteiger partial charge on any atom is -0.393 e. The van der Waals surface area contributed by atoms with Crippen LogP contribution in [0.2, 0.25) is 0 Å². The largest absolute Gasteiger partial charge is 0.393 e. The Morgan fingerprint density at radius 3 is 2.85 bits per heavy atom. The van der Waals surface area contributed by atoms with E-state index >= 15 is 0 Å². The molecule has 2 aliphatic rings. The summed E-state index contributed by atoms with van der Waals surface area (Å²) in [7, 11) is 0. The molecule has 1 aromatic rings. The van der Waals surface area contributed by atoms with E-state index in [2.05, 4.69) is 0 Å². The van der Waals surface area contributed by atoms with Gasteiger partial charge in [-0.15, -0.1) is 0 Å². The minimum atomic E-state index is -0.210. The molecule has 3 atom stereocenters. The number of hydrogen-bond donors (Lipinski definition) is 1. The third-order valence-corrected chi connectivity index (χ3v) is 4.72. The molecule has 1 heterocycles. The average molecular weight is 271 g/mol. The molecule has 1 aromatic carbocycles. The molecule has 1 saturated carbocycles. The van der Waals surface area contributed by atoms with E-state index in [0.29, 0.717) is 18.4 Å². The van der Waals surface area contributed by atoms with Crippen LogP contribution in [0.4, 0.5) is 0 Å². The van der Waals surface area contributed by atoms with Crippen LogP contribution in [-0.2, 0) is 4.79 Å². The van der Waals surface area contributed by atoms with Crippen molar-refractivity contribution in [3.63, 3.8) is 0 Å². The molecule has 3 unspecified atom stereocenters. The van der Waals surface area contributed by atoms with Gasteiger partial charge < -0.3 is 10.0 Å². The Labute approximate surface area is 119 Å². The van der Waals surface area contributed by atoms with Crippen LogP contribution in [-0.4, -0.2) is 35.1 Å². The van der Waals surface area contributed by atoms with Gasteiger partial charge in [0.05, 0.1) is 6.10 Å². The van der Waals surface area contributed by atoms with Gasteiger partial charge in [0.15, 0.2) is 0 Å². The zero-order chi connectivity index (χ0) is 14.1. The Morgan fingerprint density at radius 2 is 2.10 bits per heavy atom. The highest BCUT2D eigenvalue weighted by molar-refractivity contribution is 5.92. The topological polar surface area (TPSA) is 40.5 Å². The molecule has 1 aliphatic heterocycles. The van der Waals surface area contributed by atoms with Crippen molar-refractivity contribution >= 4 is 12.0 Å². The van der Waals surface area contributed by atoms with E-state index in [1.165, 1.54) is 5.56 Å². The summed E-state index contributed by atoms with van der Waals surface area (Å²) < 4.78 is 0. The van der Waals surface area contributed by atoms with Crippen LogP contribution < -0.4 is 0 Å². The quantitative estimate of drug-likeness (QED) is 0.838. The van der Waals surface area contributed by atoms with Crippen molar-refractivity contribution in [1.82, 2.24) is 4.90 Å². The minimum absolute atomic E-state index is 0.0647. The first-order valence-corrected chi connectivity index (χ1v) is 7.36. The molecule has 1 N–H and O–H groups in total. The van der Waals surface area contributed by atoms with Crippen molar-refractivity contribution < 1.29 is 9.90 Å². The summed E-state index contributed by atoms with van der Waals surface area (Å²) in [5.41, 5.74) is 2.26. The van der Waals surface area contributed by atoms with Gasteiger partial charge >= 0.3 is 0 Å². The number of likely N-dealkylation sites (tertiary alicyclic amines) is 1. The number of carbonyl (C=O) groups is 1. The zero-order valence-electron chi connectivity index (χ0n) is 11.8. The number of aryl methyl sites for hydroxylation is 1. The normalized spacial score (nSPS) is 29.1. The second-order valence-corrected chi connectivity index (χ2v) is 6.00. The van der Waals surface area contributed by atoms with E-state index in [9.17, 15) is 9.90 Å². The molecule has 1 amide bonds. The van der Waals surface area contributed by atoms with Crippen LogP contribution in [0.25, 0.3) is 6.08 Å². The third-order valence-electron chi connectivity index (χ3n) is 4.72. The Bertz CT molecular complexity index is 538. The van der Waals surface area contributed by atoms with Gasteiger partial charge in [0.2, 0.25) is 5.91 Å². The first kappa shape index (κ1) is 13.4. The van der Waals surface area contributed by atoms with Gasteiger partial charge in [-0.1, -0.05) is 24.3 Å². The van der Waals surface area contributed by atoms with E-state index < -0.39 is 0 Å². The van der Waals surface area contributed by atoms with Gasteiger partial charge in [0.1, 0.15) is 0 Å². The van der Waals surface area contributed by atoms with Gasteiger partial charge in [-0.2, -0.15) is 0 Å². The van der Waals surface area contributed by atoms with E-state index in [4.69, 9.17) is 0 Å². The van der Waals surface area contributed by atoms with Crippen LogP contribution >= 0.6 is 0 Å². The van der Waals surface area contributed by atoms with Crippen LogP contribution in [0, 0.1) is 18.8 Å². The van der Waals surface area contributed by atoms with Crippen LogP contribution in [0.3, 0.4) is 0 Å². The lowest BCUT2D eigenvalue weighted by Gasteiger charge is -2.16. The lowest BCUT2D eigenvalue weighted by atomic mass is 10.00. The van der Waals surface area contributed by atoms with Crippen LogP contribution in [0.15, 0.2) is 30.3 Å². The number of nitrogens with zero attached hydrogens (tertiary/aromatic N) is 1. The fraction of sp³-hybridized carbons (Fsp3) is 0.471. The van der Waals surface area contributed by atoms with Gasteiger partial charge in [-0.25, -0.2) is 0 Å². The predicted octanol–water partition coefficient (Wildman–Crippen LogP) is 2.24. The van der Waals surface area contributed by atoms with Gasteiger partial charge in [0.25, 0.3) is 0 Å². The van der Waals surface area contributed by atoms with Gasteiger partial charge in [-0.05, 0) is 42.9 Å². The first-order valence-electron chi connectivity index (χ1n) is 7.36. The second-order valence-electron chi connectivity index (χ2n) is 6.00. The SMILES string of the molecule is Cc1ccccc1/C=C/C(=O)N1CC2CCC(O)C2C1. The predicted molar refractivity (Wildman–Crippen MR) is 79.0 cm³/mol. The van der Waals surface area contributed by atoms with Crippen molar-refractivity contribution in [2.24, 2.45) is 11.8 Å². The standard InChI is InChI=1S/C17H21NO2/c1-12-4-2-3-5-13(12)7-9-17(20)18-10-14-6-8-16(19)15(14)11-18/h2-5,7,9,14-16,19H,6,8,10-11H2,1H3/b9-7+. The second kappa shape index (κ2) is 5.41. The number of benzene rings is 1. The molecular formula is C17H21NO2. The fourth-order valence-electron chi connectivity index (χ4n) is 3.46. The van der Waals surface area contributed by atoms with Gasteiger partial charge in [-0.3, -0.25) is 4.79 Å². The van der Waals surface area contributed by atoms with Crippen molar-refractivity contribution in [3.8, 4) is 0 Å². The van der Waals surface area contributed by atoms with E-state index in [1.54, 1.807) is 6.08 Å². The number of aliphatic hydroxyl groups is 1. The van der Waals surface area contributed by atoms with E-state index in [1.807, 2.05) is 42.2 Å². The Balaban J connectivity index is 1.65. The molecule has 3 heteroatoms. The van der Waals surface area contributed by atoms with Gasteiger partial charge in [0, 0.05) is 25.1 Å². The molecule has 106 valence electrons. The first-order chi connectivity index (χ1) is 9.65. The Morgan fingerprint density at radius 1 is 1.30 bits per heavy atom. The summed E-state index contributed by atoms with van der Waals surface area (Å²) in [4.78, 5) is 14.1. The lowest BCUT2D eigenvalue weighted by Crippen LogP contribution is -2.29. The molecule has 0 radical (unpaired) electrons. The smallest absolute Gasteiger partial charge is 0.246 e. The summed E-state index contributed by atoms with van der Waals surface area (Å²) in [5, 5.41) is 9.89. The molecular weight excluding hydrogens is 250 g/mol. The highest BCUT2D eigenvalue weighted by atomic mass is 16.3. The summed E-state index contributed by atoms with van der Waals surface area (Å²) in [6.07, 6.45) is 5.30. The number of rotatable bonds is 2. The maximum absolute atomic E-state index is 12.2. The highest BCUT2D eigenvalue weighted by Crippen LogP contribution is 2.38. The summed E-state index contributed by atoms with van der Waals surface area (Å²) in [5.74, 6) is 0.862. The number of amides is 1. The van der Waals surface area contributed by atoms with Crippen LogP contribution in [0.1, 0.15) is 24.0 Å². The lowest BCUT2D eigenvalue weighted by molar-refractivity contribution is -0.125. The molecule has 1 aliphatic carbocycles. The molecule has 0 aromatic heterocycles. The van der Waals surface area contributed by atoms with Crippen molar-refractivity contribution in [3.05, 3.63) is 41.5 Å². The molecule has 0 bridgehead atoms.